The van der Waals surface area contributed by atoms with Gasteiger partial charge in [0.25, 0.3) is 0 Å². The van der Waals surface area contributed by atoms with Crippen molar-refractivity contribution in [2.24, 2.45) is 0 Å². The summed E-state index contributed by atoms with van der Waals surface area (Å²) in [6.07, 6.45) is 0. The van der Waals surface area contributed by atoms with Crippen LogP contribution in [-0.2, 0) is 5.41 Å². The zero-order valence-electron chi connectivity index (χ0n) is 28.3. The van der Waals surface area contributed by atoms with Gasteiger partial charge in [0.1, 0.15) is 0 Å². The lowest BCUT2D eigenvalue weighted by atomic mass is 9.39. The maximum Gasteiger partial charge on any atom is 0.329 e. The van der Waals surface area contributed by atoms with Crippen molar-refractivity contribution < 1.29 is 0 Å². The van der Waals surface area contributed by atoms with E-state index in [4.69, 9.17) is 0 Å². The number of rotatable bonds is 2. The lowest BCUT2D eigenvalue weighted by molar-refractivity contribution is 0.683. The molecule has 8 aromatic carbocycles. The molecule has 1 nitrogen and oxygen atoms in total. The van der Waals surface area contributed by atoms with Gasteiger partial charge in [-0.2, -0.15) is 0 Å². The number of hydrogen-bond donors (Lipinski definition) is 0. The van der Waals surface area contributed by atoms with Crippen molar-refractivity contribution >= 4 is 50.4 Å². The molecular formula is C49H32BN. The first-order valence-corrected chi connectivity index (χ1v) is 18.2. The van der Waals surface area contributed by atoms with Crippen molar-refractivity contribution in [2.45, 2.75) is 18.3 Å². The summed E-state index contributed by atoms with van der Waals surface area (Å²) in [4.78, 5) is 0. The minimum Gasteiger partial charge on any atom is -0.375 e. The van der Waals surface area contributed by atoms with Crippen LogP contribution < -0.4 is 10.9 Å². The summed E-state index contributed by atoms with van der Waals surface area (Å²) in [5.41, 5.74) is 18.8. The van der Waals surface area contributed by atoms with Crippen LogP contribution >= 0.6 is 0 Å². The molecule has 0 N–H and O–H groups in total. The average molecular weight is 646 g/mol. The van der Waals surface area contributed by atoms with Gasteiger partial charge in [-0.25, -0.2) is 0 Å². The zero-order valence-corrected chi connectivity index (χ0v) is 28.3. The second-order valence-electron chi connectivity index (χ2n) is 14.8. The second kappa shape index (κ2) is 9.77. The first-order chi connectivity index (χ1) is 25.2. The van der Waals surface area contributed by atoms with Crippen LogP contribution in [0.4, 0.5) is 0 Å². The molecule has 0 radical (unpaired) electrons. The highest BCUT2D eigenvalue weighted by molar-refractivity contribution is 6.88. The van der Waals surface area contributed by atoms with Crippen LogP contribution in [0.1, 0.15) is 50.4 Å². The third kappa shape index (κ3) is 3.34. The fourth-order valence-corrected chi connectivity index (χ4v) is 10.6. The smallest absolute Gasteiger partial charge is 0.329 e. The van der Waals surface area contributed by atoms with E-state index in [9.17, 15) is 0 Å². The van der Waals surface area contributed by atoms with Crippen molar-refractivity contribution in [1.29, 1.82) is 0 Å². The van der Waals surface area contributed by atoms with E-state index in [1.54, 1.807) is 0 Å². The zero-order chi connectivity index (χ0) is 33.4. The molecule has 1 aliphatic carbocycles. The Morgan fingerprint density at radius 1 is 0.529 bits per heavy atom. The summed E-state index contributed by atoms with van der Waals surface area (Å²) < 4.78 is 2.71. The number of fused-ring (bicyclic) bond motifs is 10. The molecule has 2 aliphatic heterocycles. The number of aryl methyl sites for hydroxylation is 1. The summed E-state index contributed by atoms with van der Waals surface area (Å²) in [6.45, 7) is 2.34. The number of nitrogens with zero attached hydrogens (tertiary/aromatic N) is 1. The van der Waals surface area contributed by atoms with Crippen molar-refractivity contribution in [3.63, 3.8) is 0 Å². The van der Waals surface area contributed by atoms with Crippen LogP contribution in [0.3, 0.4) is 0 Å². The Morgan fingerprint density at radius 2 is 1.20 bits per heavy atom. The molecule has 0 saturated heterocycles. The Morgan fingerprint density at radius 3 is 1.98 bits per heavy atom. The lowest BCUT2D eigenvalue weighted by Gasteiger charge is -2.49. The highest BCUT2D eigenvalue weighted by Gasteiger charge is 2.52. The van der Waals surface area contributed by atoms with Gasteiger partial charge in [-0.15, -0.1) is 0 Å². The van der Waals surface area contributed by atoms with Gasteiger partial charge in [0.05, 0.1) is 5.41 Å². The lowest BCUT2D eigenvalue weighted by Crippen LogP contribution is -2.59. The Hall–Kier alpha value is -6.12. The Balaban J connectivity index is 1.29. The molecule has 236 valence electrons. The van der Waals surface area contributed by atoms with E-state index < -0.39 is 5.41 Å². The molecule has 2 heteroatoms. The highest BCUT2D eigenvalue weighted by atomic mass is 14.9. The summed E-state index contributed by atoms with van der Waals surface area (Å²) in [7, 11) is 0. The fraction of sp³-hybridized carbons (Fsp3) is 0.0612. The monoisotopic (exact) mass is 645 g/mol. The summed E-state index contributed by atoms with van der Waals surface area (Å²) >= 11 is 0. The van der Waals surface area contributed by atoms with E-state index in [0.29, 0.717) is 0 Å². The molecule has 1 unspecified atom stereocenters. The molecular weight excluding hydrogens is 613 g/mol. The van der Waals surface area contributed by atoms with Gasteiger partial charge < -0.3 is 4.48 Å². The van der Waals surface area contributed by atoms with Crippen molar-refractivity contribution in [2.75, 3.05) is 0 Å². The maximum absolute atomic E-state index is 2.71. The van der Waals surface area contributed by atoms with Crippen molar-refractivity contribution in [3.8, 4) is 11.1 Å². The van der Waals surface area contributed by atoms with Gasteiger partial charge in [0.15, 0.2) is 0 Å². The van der Waals surface area contributed by atoms with E-state index in [1.807, 2.05) is 0 Å². The first kappa shape index (κ1) is 27.7. The SMILES string of the molecule is Cc1cc2c3c(c1)C1c4ccccc4C(c4ccccc4)(c4ccccc4)c4cccc(c41)B3n1c3cc4ccccc4cc3c3cccc-2c31. The van der Waals surface area contributed by atoms with E-state index in [0.717, 1.165) is 0 Å². The molecule has 12 rings (SSSR count). The fourth-order valence-electron chi connectivity index (χ4n) is 10.6. The normalized spacial score (nSPS) is 15.9. The van der Waals surface area contributed by atoms with E-state index in [2.05, 4.69) is 181 Å². The van der Waals surface area contributed by atoms with Gasteiger partial charge in [-0.05, 0) is 85.3 Å². The van der Waals surface area contributed by atoms with Crippen LogP contribution in [0.2, 0.25) is 0 Å². The first-order valence-electron chi connectivity index (χ1n) is 18.2. The van der Waals surface area contributed by atoms with Gasteiger partial charge in [-0.3, -0.25) is 0 Å². The third-order valence-electron chi connectivity index (χ3n) is 12.4. The molecule has 1 atom stereocenters. The summed E-state index contributed by atoms with van der Waals surface area (Å²) in [5, 5.41) is 5.24. The van der Waals surface area contributed by atoms with Gasteiger partial charge in [0.2, 0.25) is 0 Å². The number of para-hydroxylation sites is 1. The molecule has 9 aromatic rings. The van der Waals surface area contributed by atoms with Crippen molar-refractivity contribution in [3.05, 3.63) is 214 Å². The number of aromatic nitrogens is 1. The van der Waals surface area contributed by atoms with Gasteiger partial charge in [-0.1, -0.05) is 163 Å². The van der Waals surface area contributed by atoms with Crippen LogP contribution in [0.15, 0.2) is 170 Å². The maximum atomic E-state index is 2.71. The molecule has 51 heavy (non-hydrogen) atoms. The Bertz CT molecular complexity index is 2900. The van der Waals surface area contributed by atoms with Crippen LogP contribution in [0.5, 0.6) is 0 Å². The molecule has 3 heterocycles. The summed E-state index contributed by atoms with van der Waals surface area (Å²) in [6, 6.07) is 64.7. The van der Waals surface area contributed by atoms with Crippen LogP contribution in [0, 0.1) is 6.92 Å². The molecule has 3 aliphatic rings. The Labute approximate surface area is 297 Å². The topological polar surface area (TPSA) is 4.93 Å². The van der Waals surface area contributed by atoms with Gasteiger partial charge >= 0.3 is 6.85 Å². The largest absolute Gasteiger partial charge is 0.375 e. The standard InChI is InChI=1S/C49H32BN/c1-30-26-39-36-22-12-21-35-38-28-31-14-8-9-15-32(31)29-44(38)51(48(35)36)50-43-25-13-24-42-46(43)45(40(27-30)47(39)50)37-20-10-11-23-41(37)49(42,33-16-4-2-5-17-33)34-18-6-3-7-19-34/h2-29,45H,1H3. The average Bonchev–Trinajstić information content (AvgIpc) is 3.50. The van der Waals surface area contributed by atoms with E-state index >= 15 is 0 Å². The molecule has 0 spiro atoms. The second-order valence-corrected chi connectivity index (χ2v) is 14.8. The quantitative estimate of drug-likeness (QED) is 0.165. The van der Waals surface area contributed by atoms with Crippen LogP contribution in [-0.4, -0.2) is 11.3 Å². The number of hydrogen-bond acceptors (Lipinski definition) is 0. The molecule has 1 aromatic heterocycles. The van der Waals surface area contributed by atoms with Crippen molar-refractivity contribution in [1.82, 2.24) is 4.48 Å². The van der Waals surface area contributed by atoms with Gasteiger partial charge in [0, 0.05) is 33.3 Å². The molecule has 0 bridgehead atoms. The minimum absolute atomic E-state index is 0.0485. The number of benzene rings is 8. The van der Waals surface area contributed by atoms with Crippen LogP contribution in [0.25, 0.3) is 43.7 Å². The predicted octanol–water partition coefficient (Wildman–Crippen LogP) is 10.1. The van der Waals surface area contributed by atoms with E-state index in [-0.39, 0.29) is 12.8 Å². The summed E-state index contributed by atoms with van der Waals surface area (Å²) in [5.74, 6) is 0.126. The molecule has 0 fully saturated rings. The predicted molar refractivity (Wildman–Crippen MR) is 213 cm³/mol. The van der Waals surface area contributed by atoms with E-state index in [1.165, 1.54) is 99.1 Å². The highest BCUT2D eigenvalue weighted by Crippen LogP contribution is 2.56. The molecule has 0 amide bonds. The molecule has 0 saturated carbocycles. The Kier molecular flexibility index (Phi) is 5.30. The third-order valence-corrected chi connectivity index (χ3v) is 12.4. The minimum atomic E-state index is -0.470.